The number of nitrogens with zero attached hydrogens (tertiary/aromatic N) is 1. The Morgan fingerprint density at radius 2 is 1.92 bits per heavy atom. The number of piperidine rings is 1. The number of nitrogens with one attached hydrogen (secondary N) is 1. The lowest BCUT2D eigenvalue weighted by Crippen LogP contribution is -3.12. The van der Waals surface area contributed by atoms with Crippen LogP contribution in [-0.4, -0.2) is 38.1 Å². The van der Waals surface area contributed by atoms with Gasteiger partial charge in [0, 0.05) is 19.2 Å². The van der Waals surface area contributed by atoms with Crippen LogP contribution in [0.1, 0.15) is 24.0 Å². The molecule has 4 heteroatoms. The van der Waals surface area contributed by atoms with E-state index in [0.29, 0.717) is 6.54 Å². The molecule has 26 heavy (non-hydrogen) atoms. The first kappa shape index (κ1) is 18.5. The van der Waals surface area contributed by atoms with E-state index in [4.69, 9.17) is 4.74 Å². The van der Waals surface area contributed by atoms with Gasteiger partial charge in [-0.1, -0.05) is 42.5 Å². The molecule has 1 N–H and O–H groups in total. The van der Waals surface area contributed by atoms with Crippen LogP contribution in [0.25, 0.3) is 0 Å². The van der Waals surface area contributed by atoms with Crippen molar-refractivity contribution in [3.8, 4) is 5.75 Å². The highest BCUT2D eigenvalue weighted by Gasteiger charge is 2.30. The summed E-state index contributed by atoms with van der Waals surface area (Å²) in [4.78, 5) is 16.3. The lowest BCUT2D eigenvalue weighted by molar-refractivity contribution is -0.921. The van der Waals surface area contributed by atoms with Gasteiger partial charge in [-0.05, 0) is 30.5 Å². The minimum absolute atomic E-state index is 0.123. The average molecular weight is 353 g/mol. The van der Waals surface area contributed by atoms with Crippen molar-refractivity contribution < 1.29 is 14.4 Å². The number of amides is 1. The Bertz CT molecular complexity index is 717. The van der Waals surface area contributed by atoms with Gasteiger partial charge < -0.3 is 14.5 Å². The van der Waals surface area contributed by atoms with E-state index in [1.54, 1.807) is 7.11 Å². The van der Waals surface area contributed by atoms with Gasteiger partial charge in [-0.3, -0.25) is 4.79 Å². The Kier molecular flexibility index (Phi) is 6.29. The van der Waals surface area contributed by atoms with Crippen LogP contribution < -0.4 is 9.64 Å². The minimum Gasteiger partial charge on any atom is -0.497 e. The van der Waals surface area contributed by atoms with Crippen LogP contribution in [0.2, 0.25) is 0 Å². The van der Waals surface area contributed by atoms with Crippen LogP contribution in [0.15, 0.2) is 54.6 Å². The summed E-state index contributed by atoms with van der Waals surface area (Å²) in [5.74, 6) is 1.30. The van der Waals surface area contributed by atoms with Crippen LogP contribution >= 0.6 is 0 Å². The van der Waals surface area contributed by atoms with Crippen molar-refractivity contribution in [2.75, 3.05) is 27.2 Å². The van der Waals surface area contributed by atoms with Crippen molar-refractivity contribution in [1.29, 1.82) is 0 Å². The van der Waals surface area contributed by atoms with Gasteiger partial charge in [0.15, 0.2) is 0 Å². The number of carbonyl (C=O) groups excluding carboxylic acids is 1. The lowest BCUT2D eigenvalue weighted by Gasteiger charge is -2.31. The quantitative estimate of drug-likeness (QED) is 0.863. The maximum Gasteiger partial charge on any atom is 0.231 e. The highest BCUT2D eigenvalue weighted by atomic mass is 16.5. The maximum absolute atomic E-state index is 12.9. The van der Waals surface area contributed by atoms with Gasteiger partial charge in [-0.25, -0.2) is 0 Å². The molecule has 1 aliphatic rings. The average Bonchev–Trinajstić information content (AvgIpc) is 2.68. The van der Waals surface area contributed by atoms with Crippen LogP contribution in [0.4, 0.5) is 0 Å². The zero-order valence-corrected chi connectivity index (χ0v) is 15.8. The van der Waals surface area contributed by atoms with E-state index in [1.807, 2.05) is 42.3 Å². The number of methoxy groups -OCH3 is 1. The second-order valence-corrected chi connectivity index (χ2v) is 7.25. The van der Waals surface area contributed by atoms with Gasteiger partial charge in [0.25, 0.3) is 0 Å². The van der Waals surface area contributed by atoms with E-state index in [1.165, 1.54) is 16.0 Å². The van der Waals surface area contributed by atoms with Crippen LogP contribution in [0.3, 0.4) is 0 Å². The van der Waals surface area contributed by atoms with Crippen molar-refractivity contribution in [1.82, 2.24) is 4.90 Å². The number of hydrogen-bond acceptors (Lipinski definition) is 2. The molecule has 1 unspecified atom stereocenters. The van der Waals surface area contributed by atoms with Crippen molar-refractivity contribution in [2.24, 2.45) is 5.92 Å². The van der Waals surface area contributed by atoms with Crippen molar-refractivity contribution >= 4 is 5.91 Å². The minimum atomic E-state index is 0.123. The summed E-state index contributed by atoms with van der Waals surface area (Å²) in [6, 6.07) is 18.4. The maximum atomic E-state index is 12.9. The zero-order chi connectivity index (χ0) is 18.4. The number of benzene rings is 2. The Morgan fingerprint density at radius 1 is 1.15 bits per heavy atom. The smallest absolute Gasteiger partial charge is 0.231 e. The summed E-state index contributed by atoms with van der Waals surface area (Å²) in [6.45, 7) is 3.67. The summed E-state index contributed by atoms with van der Waals surface area (Å²) < 4.78 is 5.32. The molecule has 1 heterocycles. The van der Waals surface area contributed by atoms with E-state index in [-0.39, 0.29) is 11.8 Å². The highest BCUT2D eigenvalue weighted by molar-refractivity contribution is 5.78. The van der Waals surface area contributed by atoms with Crippen molar-refractivity contribution in [2.45, 2.75) is 25.9 Å². The SMILES string of the molecule is COc1cccc(C[NH+]2CCC[C@H](C(=O)N(C)Cc3ccccc3)C2)c1. The molecular weight excluding hydrogens is 324 g/mol. The molecule has 0 spiro atoms. The number of ether oxygens (including phenoxy) is 1. The molecule has 0 aromatic heterocycles. The second kappa shape index (κ2) is 8.86. The third-order valence-electron chi connectivity index (χ3n) is 5.19. The van der Waals surface area contributed by atoms with Crippen LogP contribution in [0.5, 0.6) is 5.75 Å². The molecule has 2 atom stereocenters. The molecule has 0 bridgehead atoms. The normalized spacial score (nSPS) is 19.8. The van der Waals surface area contributed by atoms with Gasteiger partial charge >= 0.3 is 0 Å². The Labute approximate surface area is 156 Å². The highest BCUT2D eigenvalue weighted by Crippen LogP contribution is 2.15. The zero-order valence-electron chi connectivity index (χ0n) is 15.8. The Balaban J connectivity index is 1.57. The molecule has 2 aromatic carbocycles. The van der Waals surface area contributed by atoms with Gasteiger partial charge in [0.1, 0.15) is 12.3 Å². The number of likely N-dealkylation sites (tertiary alicyclic amines) is 1. The molecule has 0 saturated carbocycles. The second-order valence-electron chi connectivity index (χ2n) is 7.25. The fourth-order valence-electron chi connectivity index (χ4n) is 3.84. The summed E-state index contributed by atoms with van der Waals surface area (Å²) in [5.41, 5.74) is 2.45. The van der Waals surface area contributed by atoms with Gasteiger partial charge in [-0.2, -0.15) is 0 Å². The van der Waals surface area contributed by atoms with Crippen molar-refractivity contribution in [3.05, 3.63) is 65.7 Å². The first-order valence-electron chi connectivity index (χ1n) is 9.41. The standard InChI is InChI=1S/C22H28N2O2/c1-23(15-18-8-4-3-5-9-18)22(25)20-11-7-13-24(17-20)16-19-10-6-12-21(14-19)26-2/h3-6,8-10,12,14,20H,7,11,13,15-17H2,1-2H3/p+1/t20-/m0/s1. The van der Waals surface area contributed by atoms with E-state index in [2.05, 4.69) is 24.3 Å². The van der Waals surface area contributed by atoms with Crippen molar-refractivity contribution in [3.63, 3.8) is 0 Å². The number of hydrogen-bond donors (Lipinski definition) is 1. The summed E-state index contributed by atoms with van der Waals surface area (Å²) in [5, 5.41) is 0. The Hall–Kier alpha value is -2.33. The third-order valence-corrected chi connectivity index (χ3v) is 5.19. The molecule has 0 aliphatic carbocycles. The fourth-order valence-corrected chi connectivity index (χ4v) is 3.84. The van der Waals surface area contributed by atoms with Gasteiger partial charge in [0.05, 0.1) is 26.1 Å². The van der Waals surface area contributed by atoms with Crippen LogP contribution in [-0.2, 0) is 17.9 Å². The molecule has 1 amide bonds. The molecule has 2 aromatic rings. The Morgan fingerprint density at radius 3 is 2.69 bits per heavy atom. The predicted molar refractivity (Wildman–Crippen MR) is 103 cm³/mol. The molecule has 1 fully saturated rings. The largest absolute Gasteiger partial charge is 0.497 e. The first-order chi connectivity index (χ1) is 12.7. The molecule has 1 aliphatic heterocycles. The monoisotopic (exact) mass is 353 g/mol. The molecule has 1 saturated heterocycles. The topological polar surface area (TPSA) is 34.0 Å². The molecule has 3 rings (SSSR count). The molecule has 4 nitrogen and oxygen atoms in total. The predicted octanol–water partition coefficient (Wildman–Crippen LogP) is 2.15. The number of rotatable bonds is 6. The first-order valence-corrected chi connectivity index (χ1v) is 9.41. The van der Waals surface area contributed by atoms with Gasteiger partial charge in [-0.15, -0.1) is 0 Å². The van der Waals surface area contributed by atoms with E-state index >= 15 is 0 Å². The molecule has 0 radical (unpaired) electrons. The van der Waals surface area contributed by atoms with Gasteiger partial charge in [0.2, 0.25) is 5.91 Å². The summed E-state index contributed by atoms with van der Waals surface area (Å²) in [7, 11) is 3.62. The summed E-state index contributed by atoms with van der Waals surface area (Å²) >= 11 is 0. The fraction of sp³-hybridized carbons (Fsp3) is 0.409. The van der Waals surface area contributed by atoms with E-state index in [9.17, 15) is 4.79 Å². The number of quaternary nitrogens is 1. The van der Waals surface area contributed by atoms with E-state index < -0.39 is 0 Å². The lowest BCUT2D eigenvalue weighted by atomic mass is 9.96. The number of carbonyl (C=O) groups is 1. The molecular formula is C22H29N2O2+. The van der Waals surface area contributed by atoms with E-state index in [0.717, 1.165) is 38.2 Å². The third kappa shape index (κ3) is 4.85. The van der Waals surface area contributed by atoms with Crippen LogP contribution in [0, 0.1) is 5.92 Å². The summed E-state index contributed by atoms with van der Waals surface area (Å²) in [6.07, 6.45) is 2.11. The molecule has 138 valence electrons.